The summed E-state index contributed by atoms with van der Waals surface area (Å²) in [5.41, 5.74) is 0. The van der Waals surface area contributed by atoms with Crippen LogP contribution in [0.1, 0.15) is 13.8 Å². The van der Waals surface area contributed by atoms with Gasteiger partial charge in [0, 0.05) is 26.5 Å². The van der Waals surface area contributed by atoms with Gasteiger partial charge < -0.3 is 9.42 Å². The molecule has 0 radical (unpaired) electrons. The highest BCUT2D eigenvalue weighted by molar-refractivity contribution is 8.24. The smallest absolute Gasteiger partial charge is 0.267 e. The topological polar surface area (TPSA) is 24.8 Å². The molecule has 0 aromatic carbocycles. The fraction of sp³-hybridized carbons (Fsp3) is 0.857. The summed E-state index contributed by atoms with van der Waals surface area (Å²) in [5.74, 6) is -2.51. The molecule has 3 nitrogen and oxygen atoms in total. The van der Waals surface area contributed by atoms with E-state index >= 15 is 0 Å². The van der Waals surface area contributed by atoms with Crippen LogP contribution in [0.3, 0.4) is 0 Å². The van der Waals surface area contributed by atoms with Crippen LogP contribution < -0.4 is 0 Å². The minimum Gasteiger partial charge on any atom is -0.357 e. The molecule has 0 aliphatic carbocycles. The van der Waals surface area contributed by atoms with Gasteiger partial charge >= 0.3 is 0 Å². The standard InChI is InChI=1S/C7H16ClN2OPS2/c1-6(2)14-7(10(3)4)9-12(8,13)11-5/h6H,1-5H3. The van der Waals surface area contributed by atoms with Gasteiger partial charge in [-0.1, -0.05) is 25.6 Å². The third kappa shape index (κ3) is 6.25. The Labute approximate surface area is 100 Å². The lowest BCUT2D eigenvalue weighted by Gasteiger charge is -2.18. The van der Waals surface area contributed by atoms with Crippen molar-refractivity contribution in [1.29, 1.82) is 0 Å². The molecule has 0 saturated heterocycles. The van der Waals surface area contributed by atoms with Gasteiger partial charge in [-0.25, -0.2) is 0 Å². The Kier molecular flexibility index (Phi) is 6.66. The second-order valence-electron chi connectivity index (χ2n) is 3.08. The third-order valence-corrected chi connectivity index (χ3v) is 4.64. The van der Waals surface area contributed by atoms with Gasteiger partial charge in [0.25, 0.3) is 5.77 Å². The second kappa shape index (κ2) is 6.33. The molecule has 14 heavy (non-hydrogen) atoms. The van der Waals surface area contributed by atoms with E-state index in [1.165, 1.54) is 7.11 Å². The number of nitrogens with zero attached hydrogens (tertiary/aromatic N) is 2. The number of hydrogen-bond acceptors (Lipinski definition) is 3. The maximum atomic E-state index is 5.92. The SMILES string of the molecule is COP(=S)(Cl)N=C(SC(C)C)N(C)C. The lowest BCUT2D eigenvalue weighted by atomic mass is 10.6. The van der Waals surface area contributed by atoms with Gasteiger partial charge in [-0.2, -0.15) is 4.76 Å². The number of amidine groups is 1. The van der Waals surface area contributed by atoms with Crippen molar-refractivity contribution in [2.75, 3.05) is 21.2 Å². The van der Waals surface area contributed by atoms with Crippen LogP contribution in [0.5, 0.6) is 0 Å². The summed E-state index contributed by atoms with van der Waals surface area (Å²) in [6.45, 7) is 4.18. The number of hydrogen-bond donors (Lipinski definition) is 0. The lowest BCUT2D eigenvalue weighted by Crippen LogP contribution is -2.20. The number of rotatable bonds is 3. The van der Waals surface area contributed by atoms with Gasteiger partial charge in [-0.15, -0.1) is 0 Å². The van der Waals surface area contributed by atoms with E-state index < -0.39 is 5.77 Å². The zero-order valence-corrected chi connectivity index (χ0v) is 12.3. The zero-order chi connectivity index (χ0) is 11.4. The molecule has 0 aliphatic rings. The quantitative estimate of drug-likeness (QED) is 0.448. The van der Waals surface area contributed by atoms with Gasteiger partial charge in [0.05, 0.1) is 0 Å². The van der Waals surface area contributed by atoms with Crippen molar-refractivity contribution in [3.05, 3.63) is 0 Å². The molecular weight excluding hydrogens is 259 g/mol. The summed E-state index contributed by atoms with van der Waals surface area (Å²) in [7, 11) is 5.32. The van der Waals surface area contributed by atoms with Crippen molar-refractivity contribution < 1.29 is 4.52 Å². The Morgan fingerprint density at radius 3 is 2.36 bits per heavy atom. The number of halogens is 1. The molecule has 1 unspecified atom stereocenters. The van der Waals surface area contributed by atoms with E-state index in [1.807, 2.05) is 19.0 Å². The van der Waals surface area contributed by atoms with Crippen LogP contribution in [-0.2, 0) is 16.3 Å². The maximum Gasteiger partial charge on any atom is 0.267 e. The molecule has 0 N–H and O–H groups in total. The van der Waals surface area contributed by atoms with Crippen molar-refractivity contribution in [3.8, 4) is 0 Å². The zero-order valence-electron chi connectivity index (χ0n) is 9.02. The van der Waals surface area contributed by atoms with Crippen LogP contribution in [0.2, 0.25) is 0 Å². The second-order valence-corrected chi connectivity index (χ2v) is 9.55. The van der Waals surface area contributed by atoms with Crippen molar-refractivity contribution >= 4 is 45.7 Å². The van der Waals surface area contributed by atoms with E-state index in [0.717, 1.165) is 5.17 Å². The monoisotopic (exact) mass is 274 g/mol. The molecule has 0 aliphatic heterocycles. The molecule has 0 aromatic heterocycles. The Hall–Kier alpha value is 0.720. The van der Waals surface area contributed by atoms with Crippen LogP contribution in [0.25, 0.3) is 0 Å². The average molecular weight is 275 g/mol. The molecule has 0 bridgehead atoms. The molecule has 0 spiro atoms. The van der Waals surface area contributed by atoms with Gasteiger partial charge in [0.2, 0.25) is 0 Å². The Morgan fingerprint density at radius 1 is 1.57 bits per heavy atom. The normalized spacial score (nSPS) is 16.9. The summed E-state index contributed by atoms with van der Waals surface area (Å²) in [6.07, 6.45) is 0. The van der Waals surface area contributed by atoms with Crippen molar-refractivity contribution in [3.63, 3.8) is 0 Å². The van der Waals surface area contributed by atoms with E-state index in [1.54, 1.807) is 11.8 Å². The fourth-order valence-electron chi connectivity index (χ4n) is 0.572. The minimum atomic E-state index is -2.51. The van der Waals surface area contributed by atoms with E-state index in [-0.39, 0.29) is 0 Å². The predicted molar refractivity (Wildman–Crippen MR) is 71.0 cm³/mol. The van der Waals surface area contributed by atoms with Gasteiger partial charge in [0.1, 0.15) is 0 Å². The molecular formula is C7H16ClN2OPS2. The van der Waals surface area contributed by atoms with Crippen LogP contribution in [0.15, 0.2) is 4.76 Å². The fourth-order valence-corrected chi connectivity index (χ4v) is 2.94. The average Bonchev–Trinajstić information content (AvgIpc) is 2.02. The Balaban J connectivity index is 4.73. The maximum absolute atomic E-state index is 5.92. The minimum absolute atomic E-state index is 0.444. The lowest BCUT2D eigenvalue weighted by molar-refractivity contribution is 0.469. The van der Waals surface area contributed by atoms with E-state index in [9.17, 15) is 0 Å². The van der Waals surface area contributed by atoms with E-state index in [2.05, 4.69) is 18.6 Å². The highest BCUT2D eigenvalue weighted by atomic mass is 35.7. The molecule has 7 heteroatoms. The highest BCUT2D eigenvalue weighted by Gasteiger charge is 2.14. The highest BCUT2D eigenvalue weighted by Crippen LogP contribution is 2.54. The molecule has 0 heterocycles. The Morgan fingerprint density at radius 2 is 2.07 bits per heavy atom. The van der Waals surface area contributed by atoms with E-state index in [4.69, 9.17) is 27.6 Å². The molecule has 1 atom stereocenters. The molecule has 84 valence electrons. The first-order chi connectivity index (χ1) is 6.28. The van der Waals surface area contributed by atoms with Crippen LogP contribution in [-0.4, -0.2) is 36.5 Å². The molecule has 0 amide bonds. The number of thioether (sulfide) groups is 1. The largest absolute Gasteiger partial charge is 0.357 e. The predicted octanol–water partition coefficient (Wildman–Crippen LogP) is 3.16. The molecule has 0 fully saturated rings. The van der Waals surface area contributed by atoms with Gasteiger partial charge in [0.15, 0.2) is 5.17 Å². The summed E-state index contributed by atoms with van der Waals surface area (Å²) in [6, 6.07) is 0. The third-order valence-electron chi connectivity index (χ3n) is 1.15. The van der Waals surface area contributed by atoms with Crippen LogP contribution in [0, 0.1) is 0 Å². The first-order valence-electron chi connectivity index (χ1n) is 4.08. The summed E-state index contributed by atoms with van der Waals surface area (Å²) in [5, 5.41) is 1.26. The van der Waals surface area contributed by atoms with Crippen molar-refractivity contribution in [2.24, 2.45) is 4.76 Å². The summed E-state index contributed by atoms with van der Waals surface area (Å²) < 4.78 is 9.21. The van der Waals surface area contributed by atoms with E-state index in [0.29, 0.717) is 5.25 Å². The molecule has 0 rings (SSSR count). The van der Waals surface area contributed by atoms with Crippen molar-refractivity contribution in [2.45, 2.75) is 19.1 Å². The molecule has 0 aromatic rings. The molecule has 0 saturated carbocycles. The Bertz CT molecular complexity index is 258. The summed E-state index contributed by atoms with van der Waals surface area (Å²) in [4.78, 5) is 1.90. The first kappa shape index (κ1) is 14.7. The van der Waals surface area contributed by atoms with Crippen LogP contribution in [0.4, 0.5) is 0 Å². The summed E-state index contributed by atoms with van der Waals surface area (Å²) >= 11 is 12.6. The van der Waals surface area contributed by atoms with Gasteiger partial charge in [-0.3, -0.25) is 0 Å². The van der Waals surface area contributed by atoms with Crippen LogP contribution >= 0.6 is 28.8 Å². The van der Waals surface area contributed by atoms with Crippen molar-refractivity contribution in [1.82, 2.24) is 4.90 Å². The van der Waals surface area contributed by atoms with Gasteiger partial charge in [-0.05, 0) is 23.0 Å². The first-order valence-corrected chi connectivity index (χ1v) is 8.54.